The molecule has 0 aromatic carbocycles. The first-order valence-corrected chi connectivity index (χ1v) is 3.82. The summed E-state index contributed by atoms with van der Waals surface area (Å²) in [6.07, 6.45) is 1.66. The van der Waals surface area contributed by atoms with Crippen LogP contribution in [0.3, 0.4) is 0 Å². The number of aromatic nitrogens is 3. The quantitative estimate of drug-likeness (QED) is 0.633. The van der Waals surface area contributed by atoms with E-state index in [2.05, 4.69) is 14.9 Å². The molecule has 0 aliphatic heterocycles. The summed E-state index contributed by atoms with van der Waals surface area (Å²) in [6, 6.07) is -0.443. The van der Waals surface area contributed by atoms with Gasteiger partial charge in [-0.1, -0.05) is 0 Å². The highest BCUT2D eigenvalue weighted by molar-refractivity contribution is 5.70. The van der Waals surface area contributed by atoms with Crippen LogP contribution in [-0.4, -0.2) is 28.1 Å². The van der Waals surface area contributed by atoms with E-state index < -0.39 is 6.04 Å². The molecular weight excluding hydrogens is 172 g/mol. The minimum Gasteiger partial charge on any atom is -0.469 e. The summed E-state index contributed by atoms with van der Waals surface area (Å²) in [6.45, 7) is 0. The van der Waals surface area contributed by atoms with Crippen LogP contribution in [0.25, 0.3) is 0 Å². The number of ether oxygens (including phenoxy) is 1. The fourth-order valence-corrected chi connectivity index (χ4v) is 0.899. The molecule has 1 heterocycles. The average Bonchev–Trinajstić information content (AvgIpc) is 2.51. The molecule has 0 saturated carbocycles. The molecular formula is C7H12N4O2. The number of hydrogen-bond acceptors (Lipinski definition) is 5. The minimum atomic E-state index is -0.443. The Hall–Kier alpha value is -1.43. The van der Waals surface area contributed by atoms with Gasteiger partial charge in [-0.2, -0.15) is 15.0 Å². The molecule has 0 radical (unpaired) electrons. The Bertz CT molecular complexity index is 296. The number of rotatable bonds is 3. The molecule has 1 atom stereocenters. The lowest BCUT2D eigenvalue weighted by molar-refractivity contribution is -0.141. The zero-order chi connectivity index (χ0) is 9.84. The van der Waals surface area contributed by atoms with Gasteiger partial charge in [-0.05, 0) is 0 Å². The Morgan fingerprint density at radius 2 is 2.54 bits per heavy atom. The molecule has 6 heteroatoms. The topological polar surface area (TPSA) is 83.0 Å². The van der Waals surface area contributed by atoms with E-state index >= 15 is 0 Å². The highest BCUT2D eigenvalue weighted by atomic mass is 16.5. The summed E-state index contributed by atoms with van der Waals surface area (Å²) >= 11 is 0. The third-order valence-electron chi connectivity index (χ3n) is 1.61. The van der Waals surface area contributed by atoms with Gasteiger partial charge in [-0.3, -0.25) is 4.79 Å². The van der Waals surface area contributed by atoms with Gasteiger partial charge in [0.15, 0.2) is 0 Å². The van der Waals surface area contributed by atoms with Crippen LogP contribution in [0, 0.1) is 0 Å². The Morgan fingerprint density at radius 3 is 3.00 bits per heavy atom. The maximum absolute atomic E-state index is 10.8. The molecule has 0 spiro atoms. The predicted octanol–water partition coefficient (Wildman–Crippen LogP) is -0.622. The Labute approximate surface area is 75.7 Å². The van der Waals surface area contributed by atoms with Gasteiger partial charge in [0.2, 0.25) is 0 Å². The summed E-state index contributed by atoms with van der Waals surface area (Å²) in [5.74, 6) is -0.349. The normalized spacial score (nSPS) is 12.5. The minimum absolute atomic E-state index is 0.120. The van der Waals surface area contributed by atoms with E-state index in [9.17, 15) is 4.79 Å². The maximum atomic E-state index is 10.8. The zero-order valence-corrected chi connectivity index (χ0v) is 7.60. The van der Waals surface area contributed by atoms with Crippen molar-refractivity contribution in [1.82, 2.24) is 15.0 Å². The highest BCUT2D eigenvalue weighted by Crippen LogP contribution is 2.09. The number of nitrogens with two attached hydrogens (primary N) is 1. The van der Waals surface area contributed by atoms with Crippen LogP contribution in [0.5, 0.6) is 0 Å². The predicted molar refractivity (Wildman–Crippen MR) is 44.6 cm³/mol. The standard InChI is InChI=1S/C7H12N4O2/c1-11-9-4-6(10-11)5(8)3-7(12)13-2/h4-5H,3,8H2,1-2H3/t5-/m1/s1. The van der Waals surface area contributed by atoms with E-state index in [4.69, 9.17) is 5.73 Å². The summed E-state index contributed by atoms with van der Waals surface area (Å²) in [7, 11) is 3.01. The molecule has 0 saturated heterocycles. The van der Waals surface area contributed by atoms with Gasteiger partial charge in [-0.15, -0.1) is 0 Å². The van der Waals surface area contributed by atoms with Crippen molar-refractivity contribution in [3.8, 4) is 0 Å². The van der Waals surface area contributed by atoms with Crippen molar-refractivity contribution in [2.75, 3.05) is 7.11 Å². The number of methoxy groups -OCH3 is 1. The van der Waals surface area contributed by atoms with E-state index in [1.165, 1.54) is 18.1 Å². The molecule has 1 aromatic heterocycles. The van der Waals surface area contributed by atoms with E-state index in [-0.39, 0.29) is 12.4 Å². The Balaban J connectivity index is 2.58. The molecule has 72 valence electrons. The SMILES string of the molecule is COC(=O)C[C@@H](N)c1cnn(C)n1. The molecule has 1 rings (SSSR count). The second kappa shape index (κ2) is 3.99. The van der Waals surface area contributed by atoms with Crippen LogP contribution >= 0.6 is 0 Å². The van der Waals surface area contributed by atoms with Crippen LogP contribution in [0.1, 0.15) is 18.2 Å². The molecule has 0 bridgehead atoms. The number of nitrogens with zero attached hydrogens (tertiary/aromatic N) is 3. The second-order valence-corrected chi connectivity index (χ2v) is 2.65. The molecule has 0 aliphatic carbocycles. The van der Waals surface area contributed by atoms with Crippen molar-refractivity contribution in [3.63, 3.8) is 0 Å². The summed E-state index contributed by atoms with van der Waals surface area (Å²) in [5.41, 5.74) is 6.26. The van der Waals surface area contributed by atoms with E-state index in [1.54, 1.807) is 7.05 Å². The Kier molecular flexibility index (Phi) is 2.97. The summed E-state index contributed by atoms with van der Waals surface area (Å²) in [4.78, 5) is 12.2. The molecule has 0 unspecified atom stereocenters. The monoisotopic (exact) mass is 184 g/mol. The summed E-state index contributed by atoms with van der Waals surface area (Å²) < 4.78 is 4.48. The molecule has 13 heavy (non-hydrogen) atoms. The van der Waals surface area contributed by atoms with Crippen molar-refractivity contribution in [2.45, 2.75) is 12.5 Å². The van der Waals surface area contributed by atoms with Crippen molar-refractivity contribution < 1.29 is 9.53 Å². The molecule has 0 amide bonds. The van der Waals surface area contributed by atoms with Crippen molar-refractivity contribution in [3.05, 3.63) is 11.9 Å². The largest absolute Gasteiger partial charge is 0.469 e. The first kappa shape index (κ1) is 9.66. The number of carbonyl (C=O) groups excluding carboxylic acids is 1. The zero-order valence-electron chi connectivity index (χ0n) is 7.60. The van der Waals surface area contributed by atoms with Gasteiger partial charge < -0.3 is 10.5 Å². The number of hydrogen-bond donors (Lipinski definition) is 1. The van der Waals surface area contributed by atoms with Crippen molar-refractivity contribution >= 4 is 5.97 Å². The number of esters is 1. The first-order valence-electron chi connectivity index (χ1n) is 3.82. The van der Waals surface area contributed by atoms with Gasteiger partial charge in [-0.25, -0.2) is 0 Å². The molecule has 2 N–H and O–H groups in total. The van der Waals surface area contributed by atoms with Crippen molar-refractivity contribution in [2.24, 2.45) is 12.8 Å². The molecule has 0 aliphatic rings. The van der Waals surface area contributed by atoms with Crippen LogP contribution in [0.2, 0.25) is 0 Å². The van der Waals surface area contributed by atoms with Gasteiger partial charge in [0.1, 0.15) is 0 Å². The maximum Gasteiger partial charge on any atom is 0.307 e. The van der Waals surface area contributed by atoms with E-state index in [1.807, 2.05) is 0 Å². The smallest absolute Gasteiger partial charge is 0.307 e. The van der Waals surface area contributed by atoms with Crippen molar-refractivity contribution in [1.29, 1.82) is 0 Å². The lowest BCUT2D eigenvalue weighted by Crippen LogP contribution is -2.17. The van der Waals surface area contributed by atoms with Gasteiger partial charge in [0, 0.05) is 7.05 Å². The number of carbonyl (C=O) groups is 1. The molecule has 1 aromatic rings. The van der Waals surface area contributed by atoms with E-state index in [0.717, 1.165) is 0 Å². The molecule has 0 fully saturated rings. The van der Waals surface area contributed by atoms with Crippen LogP contribution in [0.4, 0.5) is 0 Å². The van der Waals surface area contributed by atoms with Crippen LogP contribution < -0.4 is 5.73 Å². The summed E-state index contributed by atoms with van der Waals surface area (Å²) in [5, 5.41) is 7.81. The van der Waals surface area contributed by atoms with E-state index in [0.29, 0.717) is 5.69 Å². The fraction of sp³-hybridized carbons (Fsp3) is 0.571. The van der Waals surface area contributed by atoms with Crippen LogP contribution in [0.15, 0.2) is 6.20 Å². The third-order valence-corrected chi connectivity index (χ3v) is 1.61. The number of aryl methyl sites for hydroxylation is 1. The highest BCUT2D eigenvalue weighted by Gasteiger charge is 2.14. The lowest BCUT2D eigenvalue weighted by Gasteiger charge is -2.05. The lowest BCUT2D eigenvalue weighted by atomic mass is 10.2. The first-order chi connectivity index (χ1) is 6.13. The van der Waals surface area contributed by atoms with Gasteiger partial charge in [0.05, 0.1) is 31.5 Å². The van der Waals surface area contributed by atoms with Gasteiger partial charge in [0.25, 0.3) is 0 Å². The third kappa shape index (κ3) is 2.51. The fourth-order valence-electron chi connectivity index (χ4n) is 0.899. The molecule has 6 nitrogen and oxygen atoms in total. The average molecular weight is 184 g/mol. The van der Waals surface area contributed by atoms with Gasteiger partial charge >= 0.3 is 5.97 Å². The van der Waals surface area contributed by atoms with Crippen LogP contribution in [-0.2, 0) is 16.6 Å². The second-order valence-electron chi connectivity index (χ2n) is 2.65. The Morgan fingerprint density at radius 1 is 1.85 bits per heavy atom.